The van der Waals surface area contributed by atoms with E-state index in [2.05, 4.69) is 5.32 Å². The molecule has 0 spiro atoms. The lowest BCUT2D eigenvalue weighted by Gasteiger charge is -2.22. The SMILES string of the molecule is COCC1CC(NC(=O)CC(C)(C)C)C(O)C1O. The van der Waals surface area contributed by atoms with Crippen LogP contribution < -0.4 is 5.32 Å². The summed E-state index contributed by atoms with van der Waals surface area (Å²) < 4.78 is 4.99. The molecule has 0 aromatic carbocycles. The van der Waals surface area contributed by atoms with Crippen LogP contribution >= 0.6 is 0 Å². The first kappa shape index (κ1) is 15.4. The molecule has 0 bridgehead atoms. The normalized spacial score (nSPS) is 32.6. The van der Waals surface area contributed by atoms with Gasteiger partial charge in [-0.3, -0.25) is 4.79 Å². The average molecular weight is 259 g/mol. The maximum Gasteiger partial charge on any atom is 0.220 e. The molecule has 3 N–H and O–H groups in total. The first-order valence-electron chi connectivity index (χ1n) is 6.39. The Bertz CT molecular complexity index is 287. The van der Waals surface area contributed by atoms with Gasteiger partial charge in [0.1, 0.15) is 6.10 Å². The van der Waals surface area contributed by atoms with E-state index in [1.807, 2.05) is 20.8 Å². The van der Waals surface area contributed by atoms with Gasteiger partial charge >= 0.3 is 0 Å². The number of ether oxygens (including phenoxy) is 1. The summed E-state index contributed by atoms with van der Waals surface area (Å²) in [5.74, 6) is -0.207. The van der Waals surface area contributed by atoms with E-state index in [9.17, 15) is 15.0 Å². The van der Waals surface area contributed by atoms with Gasteiger partial charge in [-0.2, -0.15) is 0 Å². The standard InChI is InChI=1S/C13H25NO4/c1-13(2,3)6-10(15)14-9-5-8(7-18-4)11(16)12(9)17/h8-9,11-12,16-17H,5-7H2,1-4H3,(H,14,15). The van der Waals surface area contributed by atoms with Crippen LogP contribution in [0.25, 0.3) is 0 Å². The molecular weight excluding hydrogens is 234 g/mol. The third-order valence-electron chi connectivity index (χ3n) is 3.22. The maximum atomic E-state index is 11.8. The Morgan fingerprint density at radius 3 is 2.44 bits per heavy atom. The molecule has 1 aliphatic carbocycles. The van der Waals surface area contributed by atoms with Crippen molar-refractivity contribution in [3.63, 3.8) is 0 Å². The first-order valence-corrected chi connectivity index (χ1v) is 6.39. The Labute approximate surface area is 109 Å². The first-order chi connectivity index (χ1) is 8.24. The van der Waals surface area contributed by atoms with E-state index in [1.54, 1.807) is 7.11 Å². The number of rotatable bonds is 4. The van der Waals surface area contributed by atoms with Crippen LogP contribution in [0.15, 0.2) is 0 Å². The van der Waals surface area contributed by atoms with Crippen LogP contribution in [0.2, 0.25) is 0 Å². The summed E-state index contributed by atoms with van der Waals surface area (Å²) in [6.45, 7) is 6.35. The van der Waals surface area contributed by atoms with E-state index in [-0.39, 0.29) is 23.3 Å². The summed E-state index contributed by atoms with van der Waals surface area (Å²) in [4.78, 5) is 11.8. The van der Waals surface area contributed by atoms with E-state index in [4.69, 9.17) is 4.74 Å². The Morgan fingerprint density at radius 1 is 1.33 bits per heavy atom. The van der Waals surface area contributed by atoms with Gasteiger partial charge in [-0.15, -0.1) is 0 Å². The summed E-state index contributed by atoms with van der Waals surface area (Å²) in [5.41, 5.74) is -0.0851. The molecule has 5 nitrogen and oxygen atoms in total. The van der Waals surface area contributed by atoms with Gasteiger partial charge in [0, 0.05) is 19.4 Å². The van der Waals surface area contributed by atoms with Crippen molar-refractivity contribution in [2.45, 2.75) is 51.9 Å². The van der Waals surface area contributed by atoms with Crippen LogP contribution in [-0.4, -0.2) is 48.1 Å². The summed E-state index contributed by atoms with van der Waals surface area (Å²) in [6, 6.07) is -0.380. The van der Waals surface area contributed by atoms with Crippen molar-refractivity contribution in [2.24, 2.45) is 11.3 Å². The monoisotopic (exact) mass is 259 g/mol. The molecule has 0 radical (unpaired) electrons. The summed E-state index contributed by atoms with van der Waals surface area (Å²) in [7, 11) is 1.56. The van der Waals surface area contributed by atoms with Crippen LogP contribution in [0.1, 0.15) is 33.6 Å². The highest BCUT2D eigenvalue weighted by Crippen LogP contribution is 2.27. The van der Waals surface area contributed by atoms with Crippen LogP contribution in [-0.2, 0) is 9.53 Å². The fraction of sp³-hybridized carbons (Fsp3) is 0.923. The Hall–Kier alpha value is -0.650. The average Bonchev–Trinajstić information content (AvgIpc) is 2.45. The zero-order valence-corrected chi connectivity index (χ0v) is 11.6. The van der Waals surface area contributed by atoms with Crippen molar-refractivity contribution in [3.05, 3.63) is 0 Å². The molecule has 106 valence electrons. The second-order valence-electron chi connectivity index (χ2n) is 6.34. The van der Waals surface area contributed by atoms with Crippen LogP contribution in [0, 0.1) is 11.3 Å². The molecule has 4 atom stereocenters. The van der Waals surface area contributed by atoms with Crippen LogP contribution in [0.4, 0.5) is 0 Å². The Kier molecular flexibility index (Phi) is 5.13. The Morgan fingerprint density at radius 2 is 1.94 bits per heavy atom. The number of nitrogens with one attached hydrogen (secondary N) is 1. The van der Waals surface area contributed by atoms with Gasteiger partial charge in [-0.1, -0.05) is 20.8 Å². The van der Waals surface area contributed by atoms with Gasteiger partial charge in [-0.25, -0.2) is 0 Å². The predicted octanol–water partition coefficient (Wildman–Crippen LogP) is 0.295. The van der Waals surface area contributed by atoms with Crippen LogP contribution in [0.5, 0.6) is 0 Å². The fourth-order valence-electron chi connectivity index (χ4n) is 2.39. The topological polar surface area (TPSA) is 78.8 Å². The summed E-state index contributed by atoms with van der Waals surface area (Å²) >= 11 is 0. The fourth-order valence-corrected chi connectivity index (χ4v) is 2.39. The van der Waals surface area contributed by atoms with E-state index in [1.165, 1.54) is 0 Å². The van der Waals surface area contributed by atoms with E-state index >= 15 is 0 Å². The molecule has 0 aromatic rings. The highest BCUT2D eigenvalue weighted by molar-refractivity contribution is 5.77. The van der Waals surface area contributed by atoms with Gasteiger partial charge in [-0.05, 0) is 11.8 Å². The number of methoxy groups -OCH3 is 1. The van der Waals surface area contributed by atoms with Crippen molar-refractivity contribution in [1.82, 2.24) is 5.32 Å². The minimum absolute atomic E-state index is 0.0851. The number of hydrogen-bond donors (Lipinski definition) is 3. The molecule has 1 saturated carbocycles. The highest BCUT2D eigenvalue weighted by atomic mass is 16.5. The second-order valence-corrected chi connectivity index (χ2v) is 6.34. The quantitative estimate of drug-likeness (QED) is 0.678. The van der Waals surface area contributed by atoms with Crippen molar-refractivity contribution in [2.75, 3.05) is 13.7 Å². The molecular formula is C13H25NO4. The minimum atomic E-state index is -0.908. The molecule has 5 heteroatoms. The third kappa shape index (κ3) is 4.23. The Balaban J connectivity index is 2.50. The summed E-state index contributed by atoms with van der Waals surface area (Å²) in [5, 5.41) is 22.5. The van der Waals surface area contributed by atoms with Gasteiger partial charge in [0.15, 0.2) is 0 Å². The lowest BCUT2D eigenvalue weighted by Crippen LogP contribution is -2.43. The van der Waals surface area contributed by atoms with E-state index in [0.717, 1.165) is 0 Å². The zero-order chi connectivity index (χ0) is 13.9. The number of aliphatic hydroxyl groups is 2. The van der Waals surface area contributed by atoms with Gasteiger partial charge in [0.05, 0.1) is 18.8 Å². The molecule has 18 heavy (non-hydrogen) atoms. The molecule has 0 aliphatic heterocycles. The number of carbonyl (C=O) groups is 1. The number of hydrogen-bond acceptors (Lipinski definition) is 4. The van der Waals surface area contributed by atoms with E-state index in [0.29, 0.717) is 19.4 Å². The maximum absolute atomic E-state index is 11.8. The van der Waals surface area contributed by atoms with Crippen molar-refractivity contribution < 1.29 is 19.7 Å². The molecule has 0 heterocycles. The second kappa shape index (κ2) is 5.99. The smallest absolute Gasteiger partial charge is 0.220 e. The lowest BCUT2D eigenvalue weighted by atomic mass is 9.92. The largest absolute Gasteiger partial charge is 0.390 e. The van der Waals surface area contributed by atoms with Crippen molar-refractivity contribution in [3.8, 4) is 0 Å². The highest BCUT2D eigenvalue weighted by Gasteiger charge is 2.42. The van der Waals surface area contributed by atoms with Crippen molar-refractivity contribution in [1.29, 1.82) is 0 Å². The minimum Gasteiger partial charge on any atom is -0.390 e. The van der Waals surface area contributed by atoms with Gasteiger partial charge < -0.3 is 20.3 Å². The third-order valence-corrected chi connectivity index (χ3v) is 3.22. The number of carbonyl (C=O) groups excluding carboxylic acids is 1. The van der Waals surface area contributed by atoms with Gasteiger partial charge in [0.2, 0.25) is 5.91 Å². The number of aliphatic hydroxyl groups excluding tert-OH is 2. The molecule has 0 aromatic heterocycles. The van der Waals surface area contributed by atoms with Crippen LogP contribution in [0.3, 0.4) is 0 Å². The number of amides is 1. The van der Waals surface area contributed by atoms with E-state index < -0.39 is 12.2 Å². The van der Waals surface area contributed by atoms with Crippen molar-refractivity contribution >= 4 is 5.91 Å². The molecule has 4 unspecified atom stereocenters. The van der Waals surface area contributed by atoms with Gasteiger partial charge in [0.25, 0.3) is 0 Å². The molecule has 0 saturated heterocycles. The zero-order valence-electron chi connectivity index (χ0n) is 11.6. The summed E-state index contributed by atoms with van der Waals surface area (Å²) in [6.07, 6.45) is -0.785. The molecule has 1 amide bonds. The molecule has 1 fully saturated rings. The molecule has 1 aliphatic rings. The predicted molar refractivity (Wildman–Crippen MR) is 68.0 cm³/mol. The molecule has 1 rings (SSSR count). The lowest BCUT2D eigenvalue weighted by molar-refractivity contribution is -0.124.